The Hall–Kier alpha value is -2.77. The van der Waals surface area contributed by atoms with Crippen molar-refractivity contribution in [2.24, 2.45) is 4.99 Å². The van der Waals surface area contributed by atoms with Gasteiger partial charge in [0.05, 0.1) is 14.2 Å². The molecular weight excluding hydrogens is 402 g/mol. The first-order chi connectivity index (χ1) is 15.6. The Morgan fingerprint density at radius 3 is 2.59 bits per heavy atom. The molecule has 1 aliphatic heterocycles. The molecule has 1 aliphatic rings. The molecule has 32 heavy (non-hydrogen) atoms. The summed E-state index contributed by atoms with van der Waals surface area (Å²) in [7, 11) is 7.34. The number of hydrogen-bond acceptors (Lipinski definition) is 5. The Labute approximate surface area is 192 Å². The van der Waals surface area contributed by atoms with Gasteiger partial charge >= 0.3 is 0 Å². The fraction of sp³-hybridized carbons (Fsp3) is 0.480. The van der Waals surface area contributed by atoms with Crippen molar-refractivity contribution in [1.82, 2.24) is 20.4 Å². The van der Waals surface area contributed by atoms with Crippen LogP contribution >= 0.6 is 0 Å². The van der Waals surface area contributed by atoms with Crippen LogP contribution in [0.4, 0.5) is 0 Å². The Morgan fingerprint density at radius 1 is 1.06 bits per heavy atom. The monoisotopic (exact) mass is 439 g/mol. The molecule has 1 saturated heterocycles. The highest BCUT2D eigenvalue weighted by Gasteiger charge is 2.25. The van der Waals surface area contributed by atoms with Crippen molar-refractivity contribution in [3.05, 3.63) is 59.7 Å². The van der Waals surface area contributed by atoms with Gasteiger partial charge in [0.25, 0.3) is 0 Å². The van der Waals surface area contributed by atoms with Crippen LogP contribution in [0.2, 0.25) is 0 Å². The molecule has 0 spiro atoms. The maximum absolute atomic E-state index is 5.48. The molecule has 1 fully saturated rings. The van der Waals surface area contributed by atoms with Crippen LogP contribution in [0, 0.1) is 0 Å². The Morgan fingerprint density at radius 2 is 1.88 bits per heavy atom. The average molecular weight is 440 g/mol. The van der Waals surface area contributed by atoms with Gasteiger partial charge in [-0.05, 0) is 31.2 Å². The van der Waals surface area contributed by atoms with Crippen molar-refractivity contribution in [3.8, 4) is 11.5 Å². The summed E-state index contributed by atoms with van der Waals surface area (Å²) in [5.41, 5.74) is 2.46. The van der Waals surface area contributed by atoms with E-state index in [9.17, 15) is 0 Å². The zero-order valence-corrected chi connectivity index (χ0v) is 19.8. The molecule has 174 valence electrons. The van der Waals surface area contributed by atoms with Crippen LogP contribution in [0.25, 0.3) is 0 Å². The predicted octanol–water partition coefficient (Wildman–Crippen LogP) is 2.75. The Bertz CT molecular complexity index is 859. The zero-order chi connectivity index (χ0) is 22.8. The molecule has 0 aliphatic carbocycles. The lowest BCUT2D eigenvalue weighted by Crippen LogP contribution is -2.47. The summed E-state index contributed by atoms with van der Waals surface area (Å²) in [6.45, 7) is 5.84. The summed E-state index contributed by atoms with van der Waals surface area (Å²) in [5.74, 6) is 2.38. The fourth-order valence-electron chi connectivity index (χ4n) is 4.10. The largest absolute Gasteiger partial charge is 0.497 e. The third-order valence-electron chi connectivity index (χ3n) is 5.96. The van der Waals surface area contributed by atoms with E-state index in [2.05, 4.69) is 62.8 Å². The molecule has 0 saturated carbocycles. The minimum absolute atomic E-state index is 0.454. The summed E-state index contributed by atoms with van der Waals surface area (Å²) in [6, 6.07) is 17.1. The highest BCUT2D eigenvalue weighted by Crippen LogP contribution is 2.25. The zero-order valence-electron chi connectivity index (χ0n) is 19.8. The molecule has 0 radical (unpaired) electrons. The summed E-state index contributed by atoms with van der Waals surface area (Å²) in [5, 5.41) is 6.81. The van der Waals surface area contributed by atoms with Gasteiger partial charge in [-0.3, -0.25) is 9.89 Å². The van der Waals surface area contributed by atoms with Gasteiger partial charge < -0.3 is 25.0 Å². The molecule has 0 bridgehead atoms. The van der Waals surface area contributed by atoms with Crippen LogP contribution in [0.1, 0.15) is 23.6 Å². The van der Waals surface area contributed by atoms with Crippen LogP contribution in [0.15, 0.2) is 53.5 Å². The highest BCUT2D eigenvalue weighted by atomic mass is 16.5. The minimum atomic E-state index is 0.454. The number of hydrogen-bond donors (Lipinski definition) is 2. The lowest BCUT2D eigenvalue weighted by molar-refractivity contribution is 0.0891. The first-order valence-electron chi connectivity index (χ1n) is 11.3. The molecule has 1 atom stereocenters. The van der Waals surface area contributed by atoms with Crippen molar-refractivity contribution in [2.75, 3.05) is 61.0 Å². The number of ether oxygens (including phenoxy) is 2. The maximum Gasteiger partial charge on any atom is 0.191 e. The third-order valence-corrected chi connectivity index (χ3v) is 5.96. The Kier molecular flexibility index (Phi) is 9.19. The molecule has 1 unspecified atom stereocenters. The predicted molar refractivity (Wildman–Crippen MR) is 131 cm³/mol. The summed E-state index contributed by atoms with van der Waals surface area (Å²) < 4.78 is 10.8. The molecule has 7 nitrogen and oxygen atoms in total. The molecule has 3 rings (SSSR count). The highest BCUT2D eigenvalue weighted by molar-refractivity contribution is 5.79. The van der Waals surface area contributed by atoms with Crippen LogP contribution in [0.5, 0.6) is 11.5 Å². The number of benzene rings is 2. The standard InChI is InChI=1S/C25H37N5O2/c1-26-25(28-18-21-11-12-22(31-3)17-24(21)32-4)27-13-8-14-30-16-15-29(2)19-23(30)20-9-6-5-7-10-20/h5-7,9-12,17,23H,8,13-16,18-19H2,1-4H3,(H2,26,27,28). The van der Waals surface area contributed by atoms with E-state index >= 15 is 0 Å². The minimum Gasteiger partial charge on any atom is -0.497 e. The second kappa shape index (κ2) is 12.3. The number of nitrogens with one attached hydrogen (secondary N) is 2. The molecule has 1 heterocycles. The van der Waals surface area contributed by atoms with Crippen LogP contribution < -0.4 is 20.1 Å². The number of aliphatic imine (C=N–C) groups is 1. The second-order valence-electron chi connectivity index (χ2n) is 8.11. The summed E-state index contributed by atoms with van der Waals surface area (Å²) in [6.07, 6.45) is 1.06. The smallest absolute Gasteiger partial charge is 0.191 e. The van der Waals surface area contributed by atoms with Crippen molar-refractivity contribution < 1.29 is 9.47 Å². The third kappa shape index (κ3) is 6.61. The summed E-state index contributed by atoms with van der Waals surface area (Å²) >= 11 is 0. The quantitative estimate of drug-likeness (QED) is 0.356. The van der Waals surface area contributed by atoms with Gasteiger partial charge in [0.15, 0.2) is 5.96 Å². The van der Waals surface area contributed by atoms with E-state index in [0.717, 1.165) is 62.2 Å². The molecule has 7 heteroatoms. The first kappa shape index (κ1) is 23.9. The number of methoxy groups -OCH3 is 2. The first-order valence-corrected chi connectivity index (χ1v) is 11.3. The van der Waals surface area contributed by atoms with Crippen LogP contribution in [0.3, 0.4) is 0 Å². The van der Waals surface area contributed by atoms with Crippen molar-refractivity contribution in [1.29, 1.82) is 0 Å². The van der Waals surface area contributed by atoms with E-state index < -0.39 is 0 Å². The van der Waals surface area contributed by atoms with Crippen molar-refractivity contribution >= 4 is 5.96 Å². The van der Waals surface area contributed by atoms with Crippen LogP contribution in [-0.4, -0.2) is 76.8 Å². The van der Waals surface area contributed by atoms with E-state index in [0.29, 0.717) is 12.6 Å². The number of guanidine groups is 1. The second-order valence-corrected chi connectivity index (χ2v) is 8.11. The van der Waals surface area contributed by atoms with Crippen molar-refractivity contribution in [3.63, 3.8) is 0 Å². The molecular formula is C25H37N5O2. The number of likely N-dealkylation sites (N-methyl/N-ethyl adjacent to an activating group) is 1. The fourth-order valence-corrected chi connectivity index (χ4v) is 4.10. The van der Waals surface area contributed by atoms with Gasteiger partial charge in [0.1, 0.15) is 11.5 Å². The lowest BCUT2D eigenvalue weighted by Gasteiger charge is -2.40. The molecule has 0 amide bonds. The molecule has 0 aromatic heterocycles. The average Bonchev–Trinajstić information content (AvgIpc) is 2.84. The van der Waals surface area contributed by atoms with Gasteiger partial charge in [-0.1, -0.05) is 30.3 Å². The number of nitrogens with zero attached hydrogens (tertiary/aromatic N) is 3. The van der Waals surface area contributed by atoms with Crippen LogP contribution in [-0.2, 0) is 6.54 Å². The van der Waals surface area contributed by atoms with E-state index in [4.69, 9.17) is 9.47 Å². The van der Waals surface area contributed by atoms with E-state index in [1.165, 1.54) is 5.56 Å². The Balaban J connectivity index is 1.46. The van der Waals surface area contributed by atoms with E-state index in [1.807, 2.05) is 18.2 Å². The number of rotatable bonds is 9. The van der Waals surface area contributed by atoms with Crippen molar-refractivity contribution in [2.45, 2.75) is 19.0 Å². The van der Waals surface area contributed by atoms with Gasteiger partial charge in [-0.2, -0.15) is 0 Å². The SMILES string of the molecule is CN=C(NCCCN1CCN(C)CC1c1ccccc1)NCc1ccc(OC)cc1OC. The molecule has 2 N–H and O–H groups in total. The maximum atomic E-state index is 5.48. The van der Waals surface area contributed by atoms with E-state index in [1.54, 1.807) is 21.3 Å². The normalized spacial score (nSPS) is 17.8. The van der Waals surface area contributed by atoms with Gasteiger partial charge in [-0.15, -0.1) is 0 Å². The number of piperazine rings is 1. The topological polar surface area (TPSA) is 61.4 Å². The molecule has 2 aromatic carbocycles. The van der Waals surface area contributed by atoms with E-state index in [-0.39, 0.29) is 0 Å². The summed E-state index contributed by atoms with van der Waals surface area (Å²) in [4.78, 5) is 9.39. The van der Waals surface area contributed by atoms with Gasteiger partial charge in [-0.25, -0.2) is 0 Å². The lowest BCUT2D eigenvalue weighted by atomic mass is 10.0. The van der Waals surface area contributed by atoms with Gasteiger partial charge in [0.2, 0.25) is 0 Å². The molecule has 2 aromatic rings. The van der Waals surface area contributed by atoms with Gasteiger partial charge in [0, 0.05) is 64.0 Å².